The van der Waals surface area contributed by atoms with E-state index in [0.717, 1.165) is 12.3 Å². The van der Waals surface area contributed by atoms with E-state index in [1.165, 1.54) is 11.1 Å². The van der Waals surface area contributed by atoms with Crippen LogP contribution in [0.5, 0.6) is 5.75 Å². The van der Waals surface area contributed by atoms with Crippen LogP contribution in [0.4, 0.5) is 0 Å². The van der Waals surface area contributed by atoms with Crippen molar-refractivity contribution >= 4 is 0 Å². The van der Waals surface area contributed by atoms with Gasteiger partial charge < -0.3 is 10.5 Å². The summed E-state index contributed by atoms with van der Waals surface area (Å²) in [7, 11) is 3.76. The molecule has 1 aromatic heterocycles. The molecule has 0 aliphatic heterocycles. The van der Waals surface area contributed by atoms with Gasteiger partial charge in [0.1, 0.15) is 5.75 Å². The van der Waals surface area contributed by atoms with E-state index in [1.54, 1.807) is 19.5 Å². The first-order valence-electron chi connectivity index (χ1n) is 6.67. The number of nitrogens with zero attached hydrogens (tertiary/aromatic N) is 2. The van der Waals surface area contributed by atoms with Crippen LogP contribution in [-0.4, -0.2) is 30.6 Å². The Labute approximate surface area is 120 Å². The first-order valence-corrected chi connectivity index (χ1v) is 6.67. The first kappa shape index (κ1) is 14.5. The normalized spacial score (nSPS) is 12.4. The van der Waals surface area contributed by atoms with Crippen LogP contribution in [0.25, 0.3) is 0 Å². The predicted molar refractivity (Wildman–Crippen MR) is 80.5 cm³/mol. The van der Waals surface area contributed by atoms with Gasteiger partial charge in [-0.25, -0.2) is 0 Å². The van der Waals surface area contributed by atoms with E-state index >= 15 is 0 Å². The quantitative estimate of drug-likeness (QED) is 0.875. The first-order chi connectivity index (χ1) is 9.74. The number of pyridine rings is 1. The molecule has 106 valence electrons. The molecule has 0 radical (unpaired) electrons. The summed E-state index contributed by atoms with van der Waals surface area (Å²) in [6.45, 7) is 1.39. The molecule has 0 amide bonds. The van der Waals surface area contributed by atoms with Crippen LogP contribution in [0.1, 0.15) is 17.2 Å². The van der Waals surface area contributed by atoms with Crippen molar-refractivity contribution in [1.82, 2.24) is 9.88 Å². The molecule has 1 atom stereocenters. The van der Waals surface area contributed by atoms with Crippen LogP contribution >= 0.6 is 0 Å². The lowest BCUT2D eigenvalue weighted by atomic mass is 10.1. The van der Waals surface area contributed by atoms with Crippen LogP contribution < -0.4 is 10.5 Å². The Morgan fingerprint density at radius 3 is 2.65 bits per heavy atom. The largest absolute Gasteiger partial charge is 0.497 e. The lowest BCUT2D eigenvalue weighted by molar-refractivity contribution is 0.241. The third-order valence-electron chi connectivity index (χ3n) is 3.41. The number of nitrogens with two attached hydrogens (primary N) is 1. The molecule has 1 aromatic carbocycles. The molecule has 2 rings (SSSR count). The molecule has 2 aromatic rings. The molecule has 1 unspecified atom stereocenters. The van der Waals surface area contributed by atoms with Crippen LogP contribution in [-0.2, 0) is 6.54 Å². The van der Waals surface area contributed by atoms with Crippen molar-refractivity contribution < 1.29 is 4.74 Å². The number of methoxy groups -OCH3 is 1. The van der Waals surface area contributed by atoms with Crippen molar-refractivity contribution in [3.8, 4) is 5.75 Å². The molecule has 0 saturated heterocycles. The molecule has 0 saturated carbocycles. The van der Waals surface area contributed by atoms with Gasteiger partial charge in [-0.1, -0.05) is 12.1 Å². The summed E-state index contributed by atoms with van der Waals surface area (Å²) in [6, 6.07) is 12.3. The predicted octanol–water partition coefficient (Wildman–Crippen LogP) is 2.22. The molecule has 0 aliphatic carbocycles. The SMILES string of the molecule is COc1cccc(CN(C)C(CN)c2ccncc2)c1. The zero-order valence-electron chi connectivity index (χ0n) is 12.0. The second kappa shape index (κ2) is 7.03. The fourth-order valence-corrected chi connectivity index (χ4v) is 2.33. The van der Waals surface area contributed by atoms with Gasteiger partial charge in [-0.15, -0.1) is 0 Å². The highest BCUT2D eigenvalue weighted by Gasteiger charge is 2.15. The average molecular weight is 271 g/mol. The van der Waals surface area contributed by atoms with Gasteiger partial charge in [0, 0.05) is 31.5 Å². The lowest BCUT2D eigenvalue weighted by Crippen LogP contribution is -2.30. The number of rotatable bonds is 6. The van der Waals surface area contributed by atoms with Gasteiger partial charge in [0.2, 0.25) is 0 Å². The maximum absolute atomic E-state index is 5.93. The zero-order valence-corrected chi connectivity index (χ0v) is 12.0. The number of hydrogen-bond donors (Lipinski definition) is 1. The number of aromatic nitrogens is 1. The van der Waals surface area contributed by atoms with Crippen molar-refractivity contribution in [2.24, 2.45) is 5.73 Å². The van der Waals surface area contributed by atoms with Gasteiger partial charge in [0.15, 0.2) is 0 Å². The van der Waals surface area contributed by atoms with Gasteiger partial charge in [-0.3, -0.25) is 9.88 Å². The maximum Gasteiger partial charge on any atom is 0.119 e. The minimum absolute atomic E-state index is 0.184. The minimum Gasteiger partial charge on any atom is -0.497 e. The fraction of sp³-hybridized carbons (Fsp3) is 0.312. The molecule has 2 N–H and O–H groups in total. The topological polar surface area (TPSA) is 51.4 Å². The third kappa shape index (κ3) is 3.56. The fourth-order valence-electron chi connectivity index (χ4n) is 2.33. The summed E-state index contributed by atoms with van der Waals surface area (Å²) >= 11 is 0. The smallest absolute Gasteiger partial charge is 0.119 e. The summed E-state index contributed by atoms with van der Waals surface area (Å²) in [5.41, 5.74) is 8.32. The Kier molecular flexibility index (Phi) is 5.09. The van der Waals surface area contributed by atoms with Crippen molar-refractivity contribution in [1.29, 1.82) is 0 Å². The highest BCUT2D eigenvalue weighted by Crippen LogP contribution is 2.21. The molecule has 4 heteroatoms. The monoisotopic (exact) mass is 271 g/mol. The van der Waals surface area contributed by atoms with Gasteiger partial charge in [-0.2, -0.15) is 0 Å². The summed E-state index contributed by atoms with van der Waals surface area (Å²) < 4.78 is 5.26. The summed E-state index contributed by atoms with van der Waals surface area (Å²) in [6.07, 6.45) is 3.61. The van der Waals surface area contributed by atoms with E-state index in [4.69, 9.17) is 10.5 Å². The van der Waals surface area contributed by atoms with Crippen LogP contribution in [0, 0.1) is 0 Å². The summed E-state index contributed by atoms with van der Waals surface area (Å²) in [5.74, 6) is 0.879. The molecule has 1 heterocycles. The Balaban J connectivity index is 2.11. The van der Waals surface area contributed by atoms with Crippen LogP contribution in [0.2, 0.25) is 0 Å². The van der Waals surface area contributed by atoms with Gasteiger partial charge in [0.05, 0.1) is 7.11 Å². The van der Waals surface area contributed by atoms with E-state index in [-0.39, 0.29) is 6.04 Å². The van der Waals surface area contributed by atoms with E-state index in [9.17, 15) is 0 Å². The van der Waals surface area contributed by atoms with Crippen molar-refractivity contribution in [2.45, 2.75) is 12.6 Å². The highest BCUT2D eigenvalue weighted by atomic mass is 16.5. The molecule has 0 aliphatic rings. The van der Waals surface area contributed by atoms with Crippen LogP contribution in [0.15, 0.2) is 48.8 Å². The molecule has 0 fully saturated rings. The van der Waals surface area contributed by atoms with E-state index in [0.29, 0.717) is 6.54 Å². The Morgan fingerprint density at radius 2 is 2.00 bits per heavy atom. The molecular formula is C16H21N3O. The second-order valence-corrected chi connectivity index (χ2v) is 4.80. The Bertz CT molecular complexity index is 530. The number of ether oxygens (including phenoxy) is 1. The standard InChI is InChI=1S/C16H21N3O/c1-19(12-13-4-3-5-15(10-13)20-2)16(11-17)14-6-8-18-9-7-14/h3-10,16H,11-12,17H2,1-2H3. The van der Waals surface area contributed by atoms with Crippen LogP contribution in [0.3, 0.4) is 0 Å². The maximum atomic E-state index is 5.93. The average Bonchev–Trinajstić information content (AvgIpc) is 2.49. The molecule has 4 nitrogen and oxygen atoms in total. The number of likely N-dealkylation sites (N-methyl/N-ethyl adjacent to an activating group) is 1. The lowest BCUT2D eigenvalue weighted by Gasteiger charge is -2.27. The third-order valence-corrected chi connectivity index (χ3v) is 3.41. The van der Waals surface area contributed by atoms with Gasteiger partial charge in [0.25, 0.3) is 0 Å². The highest BCUT2D eigenvalue weighted by molar-refractivity contribution is 5.28. The van der Waals surface area contributed by atoms with E-state index in [2.05, 4.69) is 29.1 Å². The van der Waals surface area contributed by atoms with Gasteiger partial charge >= 0.3 is 0 Å². The second-order valence-electron chi connectivity index (χ2n) is 4.80. The number of benzene rings is 1. The molecular weight excluding hydrogens is 250 g/mol. The Morgan fingerprint density at radius 1 is 1.25 bits per heavy atom. The van der Waals surface area contributed by atoms with Crippen molar-refractivity contribution in [2.75, 3.05) is 20.7 Å². The molecule has 20 heavy (non-hydrogen) atoms. The Hall–Kier alpha value is -1.91. The number of hydrogen-bond acceptors (Lipinski definition) is 4. The minimum atomic E-state index is 0.184. The summed E-state index contributed by atoms with van der Waals surface area (Å²) in [5, 5.41) is 0. The van der Waals surface area contributed by atoms with Crippen molar-refractivity contribution in [3.05, 3.63) is 59.9 Å². The molecule has 0 bridgehead atoms. The van der Waals surface area contributed by atoms with E-state index < -0.39 is 0 Å². The van der Waals surface area contributed by atoms with Crippen molar-refractivity contribution in [3.63, 3.8) is 0 Å². The molecule has 0 spiro atoms. The van der Waals surface area contributed by atoms with E-state index in [1.807, 2.05) is 24.3 Å². The summed E-state index contributed by atoms with van der Waals surface area (Å²) in [4.78, 5) is 6.29. The van der Waals surface area contributed by atoms with Gasteiger partial charge in [-0.05, 0) is 42.4 Å². The zero-order chi connectivity index (χ0) is 14.4.